The van der Waals surface area contributed by atoms with E-state index in [1.165, 1.54) is 38.5 Å². The van der Waals surface area contributed by atoms with Crippen molar-refractivity contribution in [3.63, 3.8) is 0 Å². The molecule has 0 aromatic carbocycles. The molecule has 152 valence electrons. The molecule has 0 bridgehead atoms. The summed E-state index contributed by atoms with van der Waals surface area (Å²) < 4.78 is 6.63. The molecule has 5 fully saturated rings. The predicted octanol–water partition coefficient (Wildman–Crippen LogP) is 4.25. The highest BCUT2D eigenvalue weighted by Crippen LogP contribution is 2.70. The monoisotopic (exact) mass is 376 g/mol. The van der Waals surface area contributed by atoms with Gasteiger partial charge < -0.3 is 14.9 Å². The van der Waals surface area contributed by atoms with Crippen molar-refractivity contribution in [1.82, 2.24) is 0 Å². The highest BCUT2D eigenvalue weighted by atomic mass is 16.5. The lowest BCUT2D eigenvalue weighted by Crippen LogP contribution is -2.57. The lowest BCUT2D eigenvalue weighted by atomic mass is 9.44. The fraction of sp³-hybridized carbons (Fsp3) is 0.957. The first-order chi connectivity index (χ1) is 12.8. The van der Waals surface area contributed by atoms with Crippen LogP contribution in [0.3, 0.4) is 0 Å². The Labute approximate surface area is 163 Å². The Balaban J connectivity index is 1.42. The molecule has 4 nitrogen and oxygen atoms in total. The van der Waals surface area contributed by atoms with E-state index in [0.717, 1.165) is 30.6 Å². The summed E-state index contributed by atoms with van der Waals surface area (Å²) in [4.78, 5) is 11.1. The summed E-state index contributed by atoms with van der Waals surface area (Å²) in [6, 6.07) is 0. The molecule has 0 amide bonds. The standard InChI is InChI=1S/C23H36O4/c1-22-10-9-14(24)11-13(22)3-4-15-16-5-6-17-19(7-8-21(25)26)27-20(12-18(15)22)23(16,17)2/h13-20,24H,3-12H2,1-2H3,(H,25,26)/t13?,14?,15?,16?,17?,18?,19?,20?,22-,23-/m0/s1. The molecule has 4 saturated carbocycles. The average Bonchev–Trinajstić information content (AvgIpc) is 3.11. The van der Waals surface area contributed by atoms with Crippen LogP contribution in [0.25, 0.3) is 0 Å². The molecule has 8 unspecified atom stereocenters. The van der Waals surface area contributed by atoms with Gasteiger partial charge in [-0.15, -0.1) is 0 Å². The number of carboxylic acid groups (broad SMARTS) is 1. The Kier molecular flexibility index (Phi) is 4.22. The molecule has 1 heterocycles. The molecular weight excluding hydrogens is 340 g/mol. The number of aliphatic carboxylic acids is 1. The lowest BCUT2D eigenvalue weighted by Gasteiger charge is -2.61. The first-order valence-electron chi connectivity index (χ1n) is 11.4. The van der Waals surface area contributed by atoms with E-state index in [1.54, 1.807) is 0 Å². The zero-order chi connectivity index (χ0) is 19.0. The van der Waals surface area contributed by atoms with E-state index in [-0.39, 0.29) is 24.0 Å². The molecule has 1 aliphatic heterocycles. The van der Waals surface area contributed by atoms with Gasteiger partial charge in [0.15, 0.2) is 0 Å². The van der Waals surface area contributed by atoms with Gasteiger partial charge in [0.05, 0.1) is 18.3 Å². The van der Waals surface area contributed by atoms with Gasteiger partial charge in [-0.2, -0.15) is 0 Å². The van der Waals surface area contributed by atoms with Gasteiger partial charge in [0, 0.05) is 11.8 Å². The number of rotatable bonds is 3. The highest BCUT2D eigenvalue weighted by molar-refractivity contribution is 5.66. The number of aliphatic hydroxyl groups is 1. The number of carboxylic acids is 1. The molecule has 2 N–H and O–H groups in total. The maximum Gasteiger partial charge on any atom is 0.303 e. The van der Waals surface area contributed by atoms with Crippen molar-refractivity contribution in [2.24, 2.45) is 40.4 Å². The summed E-state index contributed by atoms with van der Waals surface area (Å²) in [5.41, 5.74) is 0.631. The van der Waals surface area contributed by atoms with Gasteiger partial charge in [0.2, 0.25) is 0 Å². The van der Waals surface area contributed by atoms with E-state index in [4.69, 9.17) is 9.84 Å². The maximum absolute atomic E-state index is 11.1. The maximum atomic E-state index is 11.1. The summed E-state index contributed by atoms with van der Waals surface area (Å²) in [6.07, 6.45) is 10.8. The quantitative estimate of drug-likeness (QED) is 0.773. The molecule has 27 heavy (non-hydrogen) atoms. The van der Waals surface area contributed by atoms with Crippen LogP contribution in [-0.4, -0.2) is 34.5 Å². The zero-order valence-corrected chi connectivity index (χ0v) is 16.9. The molecule has 4 heteroatoms. The van der Waals surface area contributed by atoms with E-state index in [2.05, 4.69) is 13.8 Å². The predicted molar refractivity (Wildman–Crippen MR) is 102 cm³/mol. The first kappa shape index (κ1) is 18.4. The third kappa shape index (κ3) is 2.51. The summed E-state index contributed by atoms with van der Waals surface area (Å²) in [5.74, 6) is 2.84. The Morgan fingerprint density at radius 3 is 2.59 bits per heavy atom. The van der Waals surface area contributed by atoms with Crippen molar-refractivity contribution >= 4 is 5.97 Å². The molecule has 0 spiro atoms. The second kappa shape index (κ2) is 6.19. The van der Waals surface area contributed by atoms with E-state index < -0.39 is 5.97 Å². The fourth-order valence-electron chi connectivity index (χ4n) is 8.87. The Hall–Kier alpha value is -0.610. The molecule has 0 aromatic heterocycles. The number of aliphatic hydroxyl groups excluding tert-OH is 1. The topological polar surface area (TPSA) is 66.8 Å². The summed E-state index contributed by atoms with van der Waals surface area (Å²) in [5, 5.41) is 19.4. The van der Waals surface area contributed by atoms with Gasteiger partial charge in [0.1, 0.15) is 0 Å². The second-order valence-electron chi connectivity index (χ2n) is 11.0. The largest absolute Gasteiger partial charge is 0.481 e. The third-order valence-corrected chi connectivity index (χ3v) is 10.2. The minimum absolute atomic E-state index is 0.0903. The number of carbonyl (C=O) groups is 1. The van der Waals surface area contributed by atoms with Crippen LogP contribution in [0.5, 0.6) is 0 Å². The van der Waals surface area contributed by atoms with Gasteiger partial charge in [-0.25, -0.2) is 0 Å². The van der Waals surface area contributed by atoms with Crippen LogP contribution in [0.2, 0.25) is 0 Å². The first-order valence-corrected chi connectivity index (χ1v) is 11.4. The SMILES string of the molecule is C[C@]12CCC(O)CC1CCC1C2CC2OC(CCC(=O)O)C3CCC1[C@]23C. The smallest absolute Gasteiger partial charge is 0.303 e. The summed E-state index contributed by atoms with van der Waals surface area (Å²) in [7, 11) is 0. The molecule has 4 aliphatic carbocycles. The second-order valence-corrected chi connectivity index (χ2v) is 11.0. The summed E-state index contributed by atoms with van der Waals surface area (Å²) in [6.45, 7) is 5.00. The third-order valence-electron chi connectivity index (χ3n) is 10.2. The van der Waals surface area contributed by atoms with Crippen LogP contribution in [0.1, 0.15) is 78.1 Å². The average molecular weight is 377 g/mol. The van der Waals surface area contributed by atoms with Crippen molar-refractivity contribution in [2.75, 3.05) is 0 Å². The molecule has 10 atom stereocenters. The van der Waals surface area contributed by atoms with Crippen molar-refractivity contribution in [3.05, 3.63) is 0 Å². The van der Waals surface area contributed by atoms with Gasteiger partial charge in [-0.1, -0.05) is 13.8 Å². The molecule has 1 saturated heterocycles. The molecule has 0 radical (unpaired) electrons. The Morgan fingerprint density at radius 1 is 1.04 bits per heavy atom. The number of fused-ring (bicyclic) bond motifs is 4. The van der Waals surface area contributed by atoms with Crippen LogP contribution in [-0.2, 0) is 9.53 Å². The fourth-order valence-corrected chi connectivity index (χ4v) is 8.87. The van der Waals surface area contributed by atoms with E-state index in [0.29, 0.717) is 29.8 Å². The van der Waals surface area contributed by atoms with Gasteiger partial charge in [0.25, 0.3) is 0 Å². The van der Waals surface area contributed by atoms with Crippen LogP contribution in [0.4, 0.5) is 0 Å². The lowest BCUT2D eigenvalue weighted by molar-refractivity contribution is -0.156. The Bertz CT molecular complexity index is 619. The van der Waals surface area contributed by atoms with Crippen molar-refractivity contribution in [1.29, 1.82) is 0 Å². The molecule has 5 aliphatic rings. The van der Waals surface area contributed by atoms with E-state index in [1.807, 2.05) is 0 Å². The van der Waals surface area contributed by atoms with Gasteiger partial charge >= 0.3 is 5.97 Å². The normalized spacial score (nSPS) is 56.3. The zero-order valence-electron chi connectivity index (χ0n) is 16.9. The summed E-state index contributed by atoms with van der Waals surface area (Å²) >= 11 is 0. The van der Waals surface area contributed by atoms with Crippen molar-refractivity contribution in [2.45, 2.75) is 96.4 Å². The molecule has 0 aromatic rings. The van der Waals surface area contributed by atoms with Crippen LogP contribution in [0, 0.1) is 40.4 Å². The van der Waals surface area contributed by atoms with E-state index in [9.17, 15) is 9.90 Å². The van der Waals surface area contributed by atoms with Gasteiger partial charge in [-0.05, 0) is 92.8 Å². The van der Waals surface area contributed by atoms with E-state index >= 15 is 0 Å². The van der Waals surface area contributed by atoms with Crippen LogP contribution < -0.4 is 0 Å². The Morgan fingerprint density at radius 2 is 1.81 bits per heavy atom. The minimum Gasteiger partial charge on any atom is -0.481 e. The van der Waals surface area contributed by atoms with Crippen LogP contribution in [0.15, 0.2) is 0 Å². The van der Waals surface area contributed by atoms with Crippen LogP contribution >= 0.6 is 0 Å². The number of hydrogen-bond acceptors (Lipinski definition) is 3. The molecule has 5 rings (SSSR count). The molecular formula is C23H36O4. The van der Waals surface area contributed by atoms with Gasteiger partial charge in [-0.3, -0.25) is 4.79 Å². The number of hydrogen-bond donors (Lipinski definition) is 2. The minimum atomic E-state index is -0.696. The van der Waals surface area contributed by atoms with Crippen molar-refractivity contribution in [3.8, 4) is 0 Å². The highest BCUT2D eigenvalue weighted by Gasteiger charge is 2.67. The number of ether oxygens (including phenoxy) is 1. The van der Waals surface area contributed by atoms with Crippen molar-refractivity contribution < 1.29 is 19.7 Å².